The smallest absolute Gasteiger partial charge is 0.410 e. The van der Waals surface area contributed by atoms with E-state index in [2.05, 4.69) is 0 Å². The molecule has 20 heavy (non-hydrogen) atoms. The average Bonchev–Trinajstić information content (AvgIpc) is 2.58. The van der Waals surface area contributed by atoms with E-state index in [4.69, 9.17) is 9.47 Å². The third-order valence-corrected chi connectivity index (χ3v) is 3.02. The number of rotatable bonds is 1. The average molecular weight is 279 g/mol. The Morgan fingerprint density at radius 1 is 1.45 bits per heavy atom. The summed E-state index contributed by atoms with van der Waals surface area (Å²) in [6.07, 6.45) is -0.360. The number of carbonyl (C=O) groups excluding carboxylic acids is 1. The van der Waals surface area contributed by atoms with Crippen LogP contribution in [-0.2, 0) is 17.9 Å². The summed E-state index contributed by atoms with van der Waals surface area (Å²) in [4.78, 5) is 13.8. The zero-order valence-electron chi connectivity index (χ0n) is 12.2. The van der Waals surface area contributed by atoms with Crippen LogP contribution < -0.4 is 4.74 Å². The summed E-state index contributed by atoms with van der Waals surface area (Å²) in [7, 11) is 0. The molecule has 0 aliphatic carbocycles. The van der Waals surface area contributed by atoms with Crippen molar-refractivity contribution >= 4 is 6.09 Å². The minimum atomic E-state index is -0.524. The summed E-state index contributed by atoms with van der Waals surface area (Å²) in [6, 6.07) is 5.53. The first-order valence-electron chi connectivity index (χ1n) is 6.73. The van der Waals surface area contributed by atoms with Crippen molar-refractivity contribution in [3.63, 3.8) is 0 Å². The molecule has 0 bridgehead atoms. The van der Waals surface area contributed by atoms with Crippen LogP contribution >= 0.6 is 0 Å². The molecule has 1 aliphatic rings. The zero-order chi connectivity index (χ0) is 14.8. The third kappa shape index (κ3) is 3.42. The highest BCUT2D eigenvalue weighted by atomic mass is 16.6. The standard InChI is InChI=1S/C15H21NO4/c1-15(2,3)20-14(18)16-7-8-19-13-6-4-5-11(10-17)12(13)9-16/h4-6,17H,7-10H2,1-3H3. The van der Waals surface area contributed by atoms with E-state index in [1.165, 1.54) is 0 Å². The fourth-order valence-electron chi connectivity index (χ4n) is 2.09. The molecule has 0 saturated carbocycles. The second kappa shape index (κ2) is 5.71. The lowest BCUT2D eigenvalue weighted by Crippen LogP contribution is -2.37. The Morgan fingerprint density at radius 2 is 2.20 bits per heavy atom. The van der Waals surface area contributed by atoms with Gasteiger partial charge in [-0.1, -0.05) is 12.1 Å². The number of aliphatic hydroxyl groups excluding tert-OH is 1. The Kier molecular flexibility index (Phi) is 4.18. The molecule has 5 heteroatoms. The molecule has 1 N–H and O–H groups in total. The first kappa shape index (κ1) is 14.7. The number of benzene rings is 1. The molecular weight excluding hydrogens is 258 g/mol. The van der Waals surface area contributed by atoms with Crippen LogP contribution in [0, 0.1) is 0 Å². The van der Waals surface area contributed by atoms with Crippen LogP contribution in [-0.4, -0.2) is 34.9 Å². The highest BCUT2D eigenvalue weighted by Crippen LogP contribution is 2.27. The van der Waals surface area contributed by atoms with Crippen LogP contribution in [0.2, 0.25) is 0 Å². The van der Waals surface area contributed by atoms with Gasteiger partial charge in [-0.3, -0.25) is 0 Å². The largest absolute Gasteiger partial charge is 0.491 e. The number of aliphatic hydroxyl groups is 1. The topological polar surface area (TPSA) is 59.0 Å². The maximum Gasteiger partial charge on any atom is 0.410 e. The van der Waals surface area contributed by atoms with Crippen molar-refractivity contribution in [2.75, 3.05) is 13.2 Å². The van der Waals surface area contributed by atoms with Gasteiger partial charge in [0.15, 0.2) is 0 Å². The maximum absolute atomic E-state index is 12.2. The van der Waals surface area contributed by atoms with E-state index in [1.807, 2.05) is 39.0 Å². The Labute approximate surface area is 119 Å². The molecule has 0 unspecified atom stereocenters. The van der Waals surface area contributed by atoms with Gasteiger partial charge in [-0.15, -0.1) is 0 Å². The Morgan fingerprint density at radius 3 is 2.85 bits per heavy atom. The fourth-order valence-corrected chi connectivity index (χ4v) is 2.09. The molecular formula is C15H21NO4. The normalized spacial score (nSPS) is 15.1. The van der Waals surface area contributed by atoms with Crippen molar-refractivity contribution in [3.8, 4) is 5.75 Å². The first-order chi connectivity index (χ1) is 9.40. The molecule has 0 spiro atoms. The molecule has 0 atom stereocenters. The lowest BCUT2D eigenvalue weighted by Gasteiger charge is -2.26. The summed E-state index contributed by atoms with van der Waals surface area (Å²) in [5, 5.41) is 9.41. The number of hydrogen-bond donors (Lipinski definition) is 1. The van der Waals surface area contributed by atoms with E-state index >= 15 is 0 Å². The molecule has 1 aromatic rings. The number of hydrogen-bond acceptors (Lipinski definition) is 4. The highest BCUT2D eigenvalue weighted by molar-refractivity contribution is 5.68. The van der Waals surface area contributed by atoms with Gasteiger partial charge in [-0.2, -0.15) is 0 Å². The predicted molar refractivity (Wildman–Crippen MR) is 74.5 cm³/mol. The lowest BCUT2D eigenvalue weighted by atomic mass is 10.1. The second-order valence-corrected chi connectivity index (χ2v) is 5.80. The quantitative estimate of drug-likeness (QED) is 0.857. The van der Waals surface area contributed by atoms with Crippen LogP contribution in [0.25, 0.3) is 0 Å². The number of carbonyl (C=O) groups is 1. The minimum Gasteiger partial charge on any atom is -0.491 e. The first-order valence-corrected chi connectivity index (χ1v) is 6.73. The molecule has 1 heterocycles. The van der Waals surface area contributed by atoms with E-state index in [0.717, 1.165) is 16.9 Å². The predicted octanol–water partition coefficient (Wildman–Crippen LogP) is 2.31. The van der Waals surface area contributed by atoms with Gasteiger partial charge in [-0.05, 0) is 32.4 Å². The van der Waals surface area contributed by atoms with E-state index in [0.29, 0.717) is 19.7 Å². The fraction of sp³-hybridized carbons (Fsp3) is 0.533. The molecule has 0 saturated heterocycles. The number of fused-ring (bicyclic) bond motifs is 1. The molecule has 5 nitrogen and oxygen atoms in total. The van der Waals surface area contributed by atoms with Crippen molar-refractivity contribution in [1.29, 1.82) is 0 Å². The number of amides is 1. The Bertz CT molecular complexity index is 493. The van der Waals surface area contributed by atoms with Crippen LogP contribution in [0.5, 0.6) is 5.75 Å². The summed E-state index contributed by atoms with van der Waals surface area (Å²) >= 11 is 0. The van der Waals surface area contributed by atoms with Gasteiger partial charge in [0.05, 0.1) is 19.7 Å². The van der Waals surface area contributed by atoms with E-state index in [1.54, 1.807) is 4.90 Å². The lowest BCUT2D eigenvalue weighted by molar-refractivity contribution is 0.0225. The molecule has 110 valence electrons. The summed E-state index contributed by atoms with van der Waals surface area (Å²) in [5.74, 6) is 0.725. The highest BCUT2D eigenvalue weighted by Gasteiger charge is 2.26. The van der Waals surface area contributed by atoms with Gasteiger partial charge in [0.1, 0.15) is 18.0 Å². The zero-order valence-corrected chi connectivity index (χ0v) is 12.2. The maximum atomic E-state index is 12.2. The summed E-state index contributed by atoms with van der Waals surface area (Å²) < 4.78 is 11.0. The van der Waals surface area contributed by atoms with Crippen LogP contribution in [0.4, 0.5) is 4.79 Å². The van der Waals surface area contributed by atoms with E-state index in [9.17, 15) is 9.90 Å². The van der Waals surface area contributed by atoms with Crippen molar-refractivity contribution in [2.24, 2.45) is 0 Å². The van der Waals surface area contributed by atoms with Crippen LogP contribution in [0.15, 0.2) is 18.2 Å². The molecule has 0 aromatic heterocycles. The van der Waals surface area contributed by atoms with Crippen molar-refractivity contribution in [2.45, 2.75) is 39.5 Å². The third-order valence-electron chi connectivity index (χ3n) is 3.02. The van der Waals surface area contributed by atoms with E-state index < -0.39 is 5.60 Å². The molecule has 1 aliphatic heterocycles. The molecule has 0 fully saturated rings. The van der Waals surface area contributed by atoms with E-state index in [-0.39, 0.29) is 12.7 Å². The number of ether oxygens (including phenoxy) is 2. The summed E-state index contributed by atoms with van der Waals surface area (Å²) in [5.41, 5.74) is 1.10. The van der Waals surface area contributed by atoms with Crippen LogP contribution in [0.1, 0.15) is 31.9 Å². The second-order valence-electron chi connectivity index (χ2n) is 5.80. The van der Waals surface area contributed by atoms with Gasteiger partial charge >= 0.3 is 6.09 Å². The number of nitrogens with zero attached hydrogens (tertiary/aromatic N) is 1. The molecule has 0 radical (unpaired) electrons. The molecule has 1 amide bonds. The molecule has 1 aromatic carbocycles. The van der Waals surface area contributed by atoms with Crippen LogP contribution in [0.3, 0.4) is 0 Å². The van der Waals surface area contributed by atoms with Gasteiger partial charge < -0.3 is 19.5 Å². The minimum absolute atomic E-state index is 0.0747. The summed E-state index contributed by atoms with van der Waals surface area (Å²) in [6.45, 7) is 6.72. The van der Waals surface area contributed by atoms with Gasteiger partial charge in [0, 0.05) is 5.56 Å². The Balaban J connectivity index is 2.21. The Hall–Kier alpha value is -1.75. The van der Waals surface area contributed by atoms with Gasteiger partial charge in [-0.25, -0.2) is 4.79 Å². The van der Waals surface area contributed by atoms with Crippen molar-refractivity contribution < 1.29 is 19.4 Å². The van der Waals surface area contributed by atoms with Crippen molar-refractivity contribution in [3.05, 3.63) is 29.3 Å². The monoisotopic (exact) mass is 279 g/mol. The van der Waals surface area contributed by atoms with Gasteiger partial charge in [0.25, 0.3) is 0 Å². The van der Waals surface area contributed by atoms with Gasteiger partial charge in [0.2, 0.25) is 0 Å². The SMILES string of the molecule is CC(C)(C)OC(=O)N1CCOc2cccc(CO)c2C1. The molecule has 2 rings (SSSR count). The van der Waals surface area contributed by atoms with Crippen molar-refractivity contribution in [1.82, 2.24) is 4.90 Å².